The number of rotatable bonds is 5. The SMILES string of the molecule is Cc1ccc(S(=O)(=O)c2ccc(=O)n(CC(=O)Nc3ccc4c(c3)OCO4)n2)cc1. The Morgan fingerprint density at radius 1 is 1.07 bits per heavy atom. The van der Waals surface area contributed by atoms with Crippen molar-refractivity contribution in [2.24, 2.45) is 0 Å². The zero-order chi connectivity index (χ0) is 21.3. The Bertz CT molecular complexity index is 1280. The van der Waals surface area contributed by atoms with E-state index in [-0.39, 0.29) is 16.7 Å². The molecule has 2 heterocycles. The molecule has 0 radical (unpaired) electrons. The Labute approximate surface area is 171 Å². The van der Waals surface area contributed by atoms with Gasteiger partial charge in [0.15, 0.2) is 16.5 Å². The van der Waals surface area contributed by atoms with Gasteiger partial charge >= 0.3 is 0 Å². The molecule has 1 aromatic heterocycles. The van der Waals surface area contributed by atoms with Crippen molar-refractivity contribution in [2.45, 2.75) is 23.4 Å². The molecule has 1 N–H and O–H groups in total. The van der Waals surface area contributed by atoms with Crippen molar-refractivity contribution in [2.75, 3.05) is 12.1 Å². The minimum Gasteiger partial charge on any atom is -0.454 e. The fraction of sp³-hybridized carbons (Fsp3) is 0.150. The Morgan fingerprint density at radius 2 is 1.80 bits per heavy atom. The van der Waals surface area contributed by atoms with Gasteiger partial charge in [0, 0.05) is 17.8 Å². The van der Waals surface area contributed by atoms with Crippen molar-refractivity contribution in [3.63, 3.8) is 0 Å². The third-order valence-corrected chi connectivity index (χ3v) is 6.06. The molecular weight excluding hydrogens is 410 g/mol. The highest BCUT2D eigenvalue weighted by atomic mass is 32.2. The van der Waals surface area contributed by atoms with Crippen LogP contribution >= 0.6 is 0 Å². The van der Waals surface area contributed by atoms with Gasteiger partial charge in [-0.3, -0.25) is 9.59 Å². The van der Waals surface area contributed by atoms with E-state index in [4.69, 9.17) is 9.47 Å². The summed E-state index contributed by atoms with van der Waals surface area (Å²) in [5.41, 5.74) is 0.756. The van der Waals surface area contributed by atoms with Gasteiger partial charge < -0.3 is 14.8 Å². The van der Waals surface area contributed by atoms with Gasteiger partial charge in [-0.1, -0.05) is 17.7 Å². The summed E-state index contributed by atoms with van der Waals surface area (Å²) in [7, 11) is -3.93. The Morgan fingerprint density at radius 3 is 2.57 bits per heavy atom. The van der Waals surface area contributed by atoms with Gasteiger partial charge in [0.1, 0.15) is 6.54 Å². The maximum atomic E-state index is 12.8. The molecule has 1 aliphatic rings. The highest BCUT2D eigenvalue weighted by Crippen LogP contribution is 2.34. The molecule has 2 aromatic carbocycles. The molecule has 0 aliphatic carbocycles. The number of carbonyl (C=O) groups excluding carboxylic acids is 1. The van der Waals surface area contributed by atoms with Gasteiger partial charge in [-0.15, -0.1) is 0 Å². The molecule has 0 fully saturated rings. The van der Waals surface area contributed by atoms with Crippen LogP contribution in [0.25, 0.3) is 0 Å². The van der Waals surface area contributed by atoms with Crippen LogP contribution in [-0.4, -0.2) is 30.9 Å². The van der Waals surface area contributed by atoms with Gasteiger partial charge in [-0.05, 0) is 37.3 Å². The molecule has 1 aliphatic heterocycles. The molecule has 0 unspecified atom stereocenters. The average molecular weight is 427 g/mol. The number of amides is 1. The summed E-state index contributed by atoms with van der Waals surface area (Å²) in [6.45, 7) is 1.49. The maximum Gasteiger partial charge on any atom is 0.267 e. The second kappa shape index (κ2) is 7.64. The third kappa shape index (κ3) is 3.90. The number of anilines is 1. The molecule has 154 valence electrons. The first kappa shape index (κ1) is 19.6. The molecule has 10 heteroatoms. The molecule has 4 rings (SSSR count). The zero-order valence-electron chi connectivity index (χ0n) is 15.9. The lowest BCUT2D eigenvalue weighted by molar-refractivity contribution is -0.117. The predicted molar refractivity (Wildman–Crippen MR) is 106 cm³/mol. The number of aromatic nitrogens is 2. The van der Waals surface area contributed by atoms with Crippen LogP contribution in [0.4, 0.5) is 5.69 Å². The fourth-order valence-electron chi connectivity index (χ4n) is 2.84. The number of benzene rings is 2. The van der Waals surface area contributed by atoms with Gasteiger partial charge in [-0.2, -0.15) is 5.10 Å². The third-order valence-electron chi connectivity index (χ3n) is 4.40. The van der Waals surface area contributed by atoms with Crippen molar-refractivity contribution < 1.29 is 22.7 Å². The van der Waals surface area contributed by atoms with Crippen molar-refractivity contribution in [3.05, 3.63) is 70.5 Å². The summed E-state index contributed by atoms with van der Waals surface area (Å²) >= 11 is 0. The average Bonchev–Trinajstić information content (AvgIpc) is 3.17. The summed E-state index contributed by atoms with van der Waals surface area (Å²) in [6, 6.07) is 13.3. The topological polar surface area (TPSA) is 117 Å². The fourth-order valence-corrected chi connectivity index (χ4v) is 4.02. The normalized spacial score (nSPS) is 12.6. The quantitative estimate of drug-likeness (QED) is 0.659. The molecule has 0 bridgehead atoms. The summed E-state index contributed by atoms with van der Waals surface area (Å²) < 4.78 is 36.9. The lowest BCUT2D eigenvalue weighted by atomic mass is 10.2. The minimum absolute atomic E-state index is 0.0515. The second-order valence-corrected chi connectivity index (χ2v) is 8.50. The van der Waals surface area contributed by atoms with Crippen LogP contribution in [0.1, 0.15) is 5.56 Å². The molecule has 0 atom stereocenters. The number of hydrogen-bond acceptors (Lipinski definition) is 7. The van der Waals surface area contributed by atoms with Crippen LogP contribution in [0.5, 0.6) is 11.5 Å². The summed E-state index contributed by atoms with van der Waals surface area (Å²) in [4.78, 5) is 24.5. The zero-order valence-corrected chi connectivity index (χ0v) is 16.7. The van der Waals surface area contributed by atoms with E-state index in [1.165, 1.54) is 12.1 Å². The Hall–Kier alpha value is -3.66. The summed E-state index contributed by atoms with van der Waals surface area (Å²) in [5.74, 6) is 0.516. The molecule has 0 saturated heterocycles. The molecular formula is C20H17N3O6S. The summed E-state index contributed by atoms with van der Waals surface area (Å²) in [6.07, 6.45) is 0. The van der Waals surface area contributed by atoms with Crippen molar-refractivity contribution >= 4 is 21.4 Å². The van der Waals surface area contributed by atoms with E-state index in [1.54, 1.807) is 30.3 Å². The highest BCUT2D eigenvalue weighted by Gasteiger charge is 2.21. The van der Waals surface area contributed by atoms with Crippen molar-refractivity contribution in [1.82, 2.24) is 9.78 Å². The van der Waals surface area contributed by atoms with E-state index in [9.17, 15) is 18.0 Å². The lowest BCUT2D eigenvalue weighted by Gasteiger charge is -2.09. The first-order valence-corrected chi connectivity index (χ1v) is 10.4. The summed E-state index contributed by atoms with van der Waals surface area (Å²) in [5, 5.41) is 6.19. The van der Waals surface area contributed by atoms with Crippen LogP contribution in [0.15, 0.2) is 69.3 Å². The van der Waals surface area contributed by atoms with Crippen LogP contribution in [0.2, 0.25) is 0 Å². The lowest BCUT2D eigenvalue weighted by Crippen LogP contribution is -2.30. The van der Waals surface area contributed by atoms with E-state index >= 15 is 0 Å². The van der Waals surface area contributed by atoms with E-state index < -0.39 is 27.8 Å². The molecule has 0 spiro atoms. The largest absolute Gasteiger partial charge is 0.454 e. The smallest absolute Gasteiger partial charge is 0.267 e. The standard InChI is InChI=1S/C20H17N3O6S/c1-13-2-5-15(6-3-13)30(26,27)19-8-9-20(25)23(22-19)11-18(24)21-14-4-7-16-17(10-14)29-12-28-16/h2-10H,11-12H2,1H3,(H,21,24). The number of fused-ring (bicyclic) bond motifs is 1. The molecule has 30 heavy (non-hydrogen) atoms. The Balaban J connectivity index is 1.55. The number of aryl methyl sites for hydroxylation is 1. The van der Waals surface area contributed by atoms with E-state index in [0.717, 1.165) is 22.4 Å². The number of sulfone groups is 1. The van der Waals surface area contributed by atoms with E-state index in [2.05, 4.69) is 10.4 Å². The van der Waals surface area contributed by atoms with Crippen molar-refractivity contribution in [1.29, 1.82) is 0 Å². The number of ether oxygens (including phenoxy) is 2. The molecule has 0 saturated carbocycles. The first-order valence-electron chi connectivity index (χ1n) is 8.92. The molecule has 3 aromatic rings. The molecule has 1 amide bonds. The van der Waals surface area contributed by atoms with Gasteiger partial charge in [-0.25, -0.2) is 13.1 Å². The van der Waals surface area contributed by atoms with Gasteiger partial charge in [0.05, 0.1) is 4.90 Å². The predicted octanol–water partition coefficient (Wildman–Crippen LogP) is 1.75. The van der Waals surface area contributed by atoms with E-state index in [1.807, 2.05) is 6.92 Å². The number of carbonyl (C=O) groups is 1. The highest BCUT2D eigenvalue weighted by molar-refractivity contribution is 7.91. The first-order chi connectivity index (χ1) is 14.3. The number of nitrogens with one attached hydrogen (secondary N) is 1. The monoisotopic (exact) mass is 427 g/mol. The number of hydrogen-bond donors (Lipinski definition) is 1. The van der Waals surface area contributed by atoms with Gasteiger partial charge in [0.2, 0.25) is 22.5 Å². The molecule has 9 nitrogen and oxygen atoms in total. The van der Waals surface area contributed by atoms with Crippen LogP contribution in [0, 0.1) is 6.92 Å². The van der Waals surface area contributed by atoms with Crippen LogP contribution < -0.4 is 20.3 Å². The van der Waals surface area contributed by atoms with Gasteiger partial charge in [0.25, 0.3) is 5.56 Å². The maximum absolute atomic E-state index is 12.8. The second-order valence-electron chi connectivity index (χ2n) is 6.60. The number of nitrogens with zero attached hydrogens (tertiary/aromatic N) is 2. The van der Waals surface area contributed by atoms with Crippen LogP contribution in [0.3, 0.4) is 0 Å². The Kier molecular flexibility index (Phi) is 5.00. The van der Waals surface area contributed by atoms with E-state index in [0.29, 0.717) is 17.2 Å². The van der Waals surface area contributed by atoms with Crippen LogP contribution in [-0.2, 0) is 21.2 Å². The van der Waals surface area contributed by atoms with Crippen molar-refractivity contribution in [3.8, 4) is 11.5 Å². The minimum atomic E-state index is -3.93.